The molecule has 0 aliphatic rings. The van der Waals surface area contributed by atoms with Gasteiger partial charge in [-0.3, -0.25) is 0 Å². The van der Waals surface area contributed by atoms with E-state index in [9.17, 15) is 0 Å². The van der Waals surface area contributed by atoms with E-state index in [1.807, 2.05) is 6.07 Å². The summed E-state index contributed by atoms with van der Waals surface area (Å²) in [5.41, 5.74) is 1.60. The van der Waals surface area contributed by atoms with Gasteiger partial charge >= 0.3 is 0 Å². The van der Waals surface area contributed by atoms with E-state index in [2.05, 4.69) is 39.9 Å². The van der Waals surface area contributed by atoms with Gasteiger partial charge in [-0.15, -0.1) is 0 Å². The van der Waals surface area contributed by atoms with Crippen molar-refractivity contribution in [3.05, 3.63) is 22.4 Å². The van der Waals surface area contributed by atoms with E-state index in [4.69, 9.17) is 4.52 Å². The summed E-state index contributed by atoms with van der Waals surface area (Å²) in [6, 6.07) is 2.00. The van der Waals surface area contributed by atoms with E-state index in [1.54, 1.807) is 6.20 Å². The Bertz CT molecular complexity index is 450. The maximum atomic E-state index is 5.12. The number of halogens is 1. The van der Waals surface area contributed by atoms with Crippen molar-refractivity contribution in [2.75, 3.05) is 0 Å². The van der Waals surface area contributed by atoms with Crippen LogP contribution in [0.1, 0.15) is 19.5 Å². The Kier molecular flexibility index (Phi) is 2.54. The zero-order chi connectivity index (χ0) is 10.1. The molecule has 0 saturated carbocycles. The van der Waals surface area contributed by atoms with E-state index < -0.39 is 0 Å². The largest absolute Gasteiger partial charge is 0.336 e. The Morgan fingerprint density at radius 2 is 2.29 bits per heavy atom. The molecule has 3 nitrogen and oxygen atoms in total. The summed E-state index contributed by atoms with van der Waals surface area (Å²) in [5, 5.41) is 5.03. The van der Waals surface area contributed by atoms with Crippen LogP contribution < -0.4 is 0 Å². The van der Waals surface area contributed by atoms with Crippen molar-refractivity contribution in [2.45, 2.75) is 20.3 Å². The number of aromatic nitrogens is 2. The molecule has 0 N–H and O–H groups in total. The second-order valence-corrected chi connectivity index (χ2v) is 4.65. The topological polar surface area (TPSA) is 38.9 Å². The minimum Gasteiger partial charge on any atom is -0.336 e. The molecule has 0 fully saturated rings. The van der Waals surface area contributed by atoms with Gasteiger partial charge in [0.25, 0.3) is 5.71 Å². The van der Waals surface area contributed by atoms with Gasteiger partial charge in [0.05, 0.1) is 11.1 Å². The third kappa shape index (κ3) is 1.80. The maximum absolute atomic E-state index is 5.12. The van der Waals surface area contributed by atoms with E-state index in [0.29, 0.717) is 11.6 Å². The molecular weight excluding hydrogens is 244 g/mol. The molecule has 0 atom stereocenters. The molecule has 0 radical (unpaired) electrons. The lowest BCUT2D eigenvalue weighted by molar-refractivity contribution is 0.432. The SMILES string of the molecule is CC(C)Cc1noc2ncc(Br)cc12. The van der Waals surface area contributed by atoms with Gasteiger partial charge < -0.3 is 4.52 Å². The highest BCUT2D eigenvalue weighted by Crippen LogP contribution is 2.22. The van der Waals surface area contributed by atoms with Gasteiger partial charge in [0.2, 0.25) is 0 Å². The molecule has 0 amide bonds. The predicted molar refractivity (Wildman–Crippen MR) is 58.0 cm³/mol. The Morgan fingerprint density at radius 3 is 3.00 bits per heavy atom. The maximum Gasteiger partial charge on any atom is 0.257 e. The van der Waals surface area contributed by atoms with Crippen molar-refractivity contribution >= 4 is 27.0 Å². The van der Waals surface area contributed by atoms with Gasteiger partial charge in [-0.1, -0.05) is 19.0 Å². The van der Waals surface area contributed by atoms with Crippen LogP contribution in [0.15, 0.2) is 21.3 Å². The van der Waals surface area contributed by atoms with Crippen LogP contribution in [0.2, 0.25) is 0 Å². The summed E-state index contributed by atoms with van der Waals surface area (Å²) in [6.07, 6.45) is 2.64. The second kappa shape index (κ2) is 3.69. The lowest BCUT2D eigenvalue weighted by atomic mass is 10.1. The monoisotopic (exact) mass is 254 g/mol. The first kappa shape index (κ1) is 9.65. The lowest BCUT2D eigenvalue weighted by Crippen LogP contribution is -1.94. The predicted octanol–water partition coefficient (Wildman–Crippen LogP) is 3.18. The molecule has 0 spiro atoms. The first-order chi connectivity index (χ1) is 6.66. The third-order valence-electron chi connectivity index (χ3n) is 1.97. The molecule has 0 saturated heterocycles. The first-order valence-corrected chi connectivity index (χ1v) is 5.36. The molecule has 2 aromatic heterocycles. The number of hydrogen-bond donors (Lipinski definition) is 0. The summed E-state index contributed by atoms with van der Waals surface area (Å²) in [7, 11) is 0. The van der Waals surface area contributed by atoms with E-state index in [-0.39, 0.29) is 0 Å². The fraction of sp³-hybridized carbons (Fsp3) is 0.400. The zero-order valence-corrected chi connectivity index (χ0v) is 9.71. The number of nitrogens with zero attached hydrogens (tertiary/aromatic N) is 2. The van der Waals surface area contributed by atoms with Gasteiger partial charge in [0, 0.05) is 10.7 Å². The smallest absolute Gasteiger partial charge is 0.257 e. The molecule has 0 bridgehead atoms. The van der Waals surface area contributed by atoms with E-state index in [1.165, 1.54) is 0 Å². The van der Waals surface area contributed by atoms with Crippen LogP contribution in [0.4, 0.5) is 0 Å². The number of pyridine rings is 1. The standard InChI is InChI=1S/C10H11BrN2O/c1-6(2)3-9-8-4-7(11)5-12-10(8)14-13-9/h4-6H,3H2,1-2H3. The van der Waals surface area contributed by atoms with Crippen molar-refractivity contribution in [2.24, 2.45) is 5.92 Å². The third-order valence-corrected chi connectivity index (χ3v) is 2.41. The van der Waals surface area contributed by atoms with Crippen LogP contribution in [0.3, 0.4) is 0 Å². The summed E-state index contributed by atoms with van der Waals surface area (Å²) in [5.74, 6) is 0.572. The second-order valence-electron chi connectivity index (χ2n) is 3.73. The summed E-state index contributed by atoms with van der Waals surface area (Å²) >= 11 is 3.39. The highest BCUT2D eigenvalue weighted by atomic mass is 79.9. The van der Waals surface area contributed by atoms with Crippen LogP contribution in [-0.2, 0) is 6.42 Å². The van der Waals surface area contributed by atoms with Crippen molar-refractivity contribution in [1.29, 1.82) is 0 Å². The minimum absolute atomic E-state index is 0.572. The molecule has 2 rings (SSSR count). The minimum atomic E-state index is 0.572. The van der Waals surface area contributed by atoms with Crippen molar-refractivity contribution < 1.29 is 4.52 Å². The molecule has 0 aliphatic carbocycles. The van der Waals surface area contributed by atoms with Gasteiger partial charge in [0.1, 0.15) is 0 Å². The van der Waals surface area contributed by atoms with Crippen LogP contribution in [0.5, 0.6) is 0 Å². The van der Waals surface area contributed by atoms with Crippen LogP contribution >= 0.6 is 15.9 Å². The zero-order valence-electron chi connectivity index (χ0n) is 8.12. The molecule has 74 valence electrons. The average Bonchev–Trinajstić information content (AvgIpc) is 2.47. The molecule has 0 aliphatic heterocycles. The average molecular weight is 255 g/mol. The molecular formula is C10H11BrN2O. The van der Waals surface area contributed by atoms with Gasteiger partial charge in [-0.2, -0.15) is 0 Å². The Balaban J connectivity index is 2.50. The first-order valence-electron chi connectivity index (χ1n) is 4.56. The summed E-state index contributed by atoms with van der Waals surface area (Å²) in [4.78, 5) is 4.13. The number of hydrogen-bond acceptors (Lipinski definition) is 3. The fourth-order valence-corrected chi connectivity index (χ4v) is 1.72. The molecule has 4 heteroatoms. The van der Waals surface area contributed by atoms with E-state index >= 15 is 0 Å². The summed E-state index contributed by atoms with van der Waals surface area (Å²) < 4.78 is 6.08. The van der Waals surface area contributed by atoms with Crippen molar-refractivity contribution in [3.63, 3.8) is 0 Å². The fourth-order valence-electron chi connectivity index (χ4n) is 1.39. The molecule has 0 aromatic carbocycles. The molecule has 14 heavy (non-hydrogen) atoms. The Hall–Kier alpha value is -0.900. The molecule has 0 unspecified atom stereocenters. The van der Waals surface area contributed by atoms with Crippen LogP contribution in [-0.4, -0.2) is 10.1 Å². The normalized spacial score (nSPS) is 11.4. The Labute approximate surface area is 90.6 Å². The van der Waals surface area contributed by atoms with Crippen molar-refractivity contribution in [1.82, 2.24) is 10.1 Å². The number of rotatable bonds is 2. The van der Waals surface area contributed by atoms with Crippen LogP contribution in [0.25, 0.3) is 11.1 Å². The highest BCUT2D eigenvalue weighted by Gasteiger charge is 2.10. The van der Waals surface area contributed by atoms with Crippen molar-refractivity contribution in [3.8, 4) is 0 Å². The number of fused-ring (bicyclic) bond motifs is 1. The quantitative estimate of drug-likeness (QED) is 0.827. The van der Waals surface area contributed by atoms with E-state index in [0.717, 1.165) is 22.0 Å². The summed E-state index contributed by atoms with van der Waals surface area (Å²) in [6.45, 7) is 4.32. The van der Waals surface area contributed by atoms with Gasteiger partial charge in [-0.05, 0) is 34.3 Å². The molecule has 2 aromatic rings. The highest BCUT2D eigenvalue weighted by molar-refractivity contribution is 9.10. The van der Waals surface area contributed by atoms with Gasteiger partial charge in [0.15, 0.2) is 0 Å². The van der Waals surface area contributed by atoms with Gasteiger partial charge in [-0.25, -0.2) is 4.98 Å². The lowest BCUT2D eigenvalue weighted by Gasteiger charge is -1.99. The molecule has 2 heterocycles. The van der Waals surface area contributed by atoms with Crippen LogP contribution in [0, 0.1) is 5.92 Å². The Morgan fingerprint density at radius 1 is 1.50 bits per heavy atom.